The molecule has 0 aromatic heterocycles. The summed E-state index contributed by atoms with van der Waals surface area (Å²) in [5.74, 6) is 1.24. The summed E-state index contributed by atoms with van der Waals surface area (Å²) in [5.41, 5.74) is 0.916. The van der Waals surface area contributed by atoms with Crippen LogP contribution in [0.4, 0.5) is 8.78 Å². The number of hydrogen-bond donors (Lipinski definition) is 0. The number of nitrogens with zero attached hydrogens (tertiary/aromatic N) is 1. The topological polar surface area (TPSA) is 21.7 Å². The maximum atomic E-state index is 12.5. The molecule has 0 fully saturated rings. The van der Waals surface area contributed by atoms with E-state index in [4.69, 9.17) is 9.47 Å². The van der Waals surface area contributed by atoms with Gasteiger partial charge < -0.3 is 9.47 Å². The fraction of sp³-hybridized carbons (Fsp3) is 0.538. The average molecular weight is 338 g/mol. The summed E-state index contributed by atoms with van der Waals surface area (Å²) in [6.45, 7) is 0.787. The van der Waals surface area contributed by atoms with Crippen molar-refractivity contribution in [3.05, 3.63) is 23.8 Å². The van der Waals surface area contributed by atoms with Crippen molar-refractivity contribution in [3.8, 4) is 11.5 Å². The first kappa shape index (κ1) is 16.2. The Hall–Kier alpha value is -0.880. The molecule has 0 unspecified atom stereocenters. The van der Waals surface area contributed by atoms with Gasteiger partial charge in [-0.1, -0.05) is 22.0 Å². The Kier molecular flexibility index (Phi) is 7.09. The Morgan fingerprint density at radius 1 is 1.21 bits per heavy atom. The van der Waals surface area contributed by atoms with Gasteiger partial charge in [-0.3, -0.25) is 4.90 Å². The molecule has 0 aliphatic rings. The molecule has 0 bridgehead atoms. The summed E-state index contributed by atoms with van der Waals surface area (Å²) in [4.78, 5) is 1.70. The fourth-order valence-corrected chi connectivity index (χ4v) is 2.29. The third kappa shape index (κ3) is 5.32. The highest BCUT2D eigenvalue weighted by Crippen LogP contribution is 2.28. The smallest absolute Gasteiger partial charge is 0.251 e. The third-order valence-electron chi connectivity index (χ3n) is 2.65. The van der Waals surface area contributed by atoms with Gasteiger partial charge in [-0.2, -0.15) is 0 Å². The Bertz CT molecular complexity index is 391. The van der Waals surface area contributed by atoms with E-state index in [1.54, 1.807) is 25.2 Å². The van der Waals surface area contributed by atoms with Crippen molar-refractivity contribution >= 4 is 15.9 Å². The highest BCUT2D eigenvalue weighted by Gasteiger charge is 2.13. The second-order valence-corrected chi connectivity index (χ2v) is 4.80. The number of rotatable bonds is 8. The molecule has 0 atom stereocenters. The van der Waals surface area contributed by atoms with Gasteiger partial charge in [0.25, 0.3) is 6.43 Å². The molecule has 1 aromatic rings. The van der Waals surface area contributed by atoms with Crippen molar-refractivity contribution < 1.29 is 18.3 Å². The van der Waals surface area contributed by atoms with E-state index in [2.05, 4.69) is 15.9 Å². The molecule has 1 rings (SSSR count). The number of hydrogen-bond acceptors (Lipinski definition) is 3. The molecular formula is C13H18BrF2NO2. The molecule has 0 aliphatic carbocycles. The number of benzene rings is 1. The van der Waals surface area contributed by atoms with Gasteiger partial charge in [0, 0.05) is 18.4 Å². The number of methoxy groups -OCH3 is 2. The van der Waals surface area contributed by atoms with Crippen molar-refractivity contribution in [2.45, 2.75) is 13.0 Å². The Morgan fingerprint density at radius 3 is 2.42 bits per heavy atom. The lowest BCUT2D eigenvalue weighted by molar-refractivity contribution is 0.0881. The van der Waals surface area contributed by atoms with Crippen LogP contribution in [-0.4, -0.2) is 44.0 Å². The molecule has 0 N–H and O–H groups in total. The van der Waals surface area contributed by atoms with Crippen molar-refractivity contribution in [2.24, 2.45) is 0 Å². The van der Waals surface area contributed by atoms with Gasteiger partial charge in [0.1, 0.15) is 0 Å². The maximum Gasteiger partial charge on any atom is 0.251 e. The van der Waals surface area contributed by atoms with E-state index >= 15 is 0 Å². The molecular weight excluding hydrogens is 320 g/mol. The maximum absolute atomic E-state index is 12.5. The summed E-state index contributed by atoms with van der Waals surface area (Å²) in [5, 5.41) is 0.660. The lowest BCUT2D eigenvalue weighted by Crippen LogP contribution is -2.30. The van der Waals surface area contributed by atoms with E-state index in [-0.39, 0.29) is 6.54 Å². The third-order valence-corrected chi connectivity index (χ3v) is 3.01. The van der Waals surface area contributed by atoms with Gasteiger partial charge in [-0.25, -0.2) is 8.78 Å². The van der Waals surface area contributed by atoms with Gasteiger partial charge in [-0.05, 0) is 17.7 Å². The highest BCUT2D eigenvalue weighted by atomic mass is 79.9. The summed E-state index contributed by atoms with van der Waals surface area (Å²) in [6, 6.07) is 5.45. The van der Waals surface area contributed by atoms with E-state index in [9.17, 15) is 8.78 Å². The van der Waals surface area contributed by atoms with Crippen LogP contribution >= 0.6 is 15.9 Å². The zero-order valence-corrected chi connectivity index (χ0v) is 12.6. The van der Waals surface area contributed by atoms with E-state index in [1.807, 2.05) is 12.1 Å². The zero-order chi connectivity index (χ0) is 14.3. The molecule has 0 spiro atoms. The van der Waals surface area contributed by atoms with Crippen LogP contribution in [0.5, 0.6) is 11.5 Å². The number of halogens is 3. The molecule has 3 nitrogen and oxygen atoms in total. The molecule has 0 radical (unpaired) electrons. The minimum atomic E-state index is -2.33. The Labute approximate surface area is 120 Å². The predicted octanol–water partition coefficient (Wildman–Crippen LogP) is 3.17. The fourth-order valence-electron chi connectivity index (χ4n) is 1.79. The minimum Gasteiger partial charge on any atom is -0.493 e. The molecule has 108 valence electrons. The number of alkyl halides is 3. The van der Waals surface area contributed by atoms with E-state index < -0.39 is 6.43 Å². The zero-order valence-electron chi connectivity index (χ0n) is 11.0. The molecule has 0 heterocycles. The Morgan fingerprint density at radius 2 is 1.89 bits per heavy atom. The van der Waals surface area contributed by atoms with Gasteiger partial charge in [0.05, 0.1) is 20.8 Å². The van der Waals surface area contributed by atoms with Crippen molar-refractivity contribution in [1.29, 1.82) is 0 Å². The van der Waals surface area contributed by atoms with Gasteiger partial charge in [-0.15, -0.1) is 0 Å². The van der Waals surface area contributed by atoms with Gasteiger partial charge in [0.2, 0.25) is 0 Å². The second kappa shape index (κ2) is 8.32. The van der Waals surface area contributed by atoms with Crippen LogP contribution in [0.15, 0.2) is 18.2 Å². The number of ether oxygens (including phenoxy) is 2. The minimum absolute atomic E-state index is 0.236. The van der Waals surface area contributed by atoms with Crippen LogP contribution in [0.3, 0.4) is 0 Å². The predicted molar refractivity (Wildman–Crippen MR) is 74.6 cm³/mol. The standard InChI is InChI=1S/C13H18BrF2NO2/c1-18-11-4-3-10(7-12(11)19-2)8-17(6-5-14)9-13(15)16/h3-4,7,13H,5-6,8-9H2,1-2H3. The lowest BCUT2D eigenvalue weighted by Gasteiger charge is -2.21. The molecule has 0 saturated carbocycles. The quantitative estimate of drug-likeness (QED) is 0.680. The normalized spacial score (nSPS) is 11.1. The van der Waals surface area contributed by atoms with Crippen LogP contribution in [0, 0.1) is 0 Å². The molecule has 1 aromatic carbocycles. The van der Waals surface area contributed by atoms with E-state index in [1.165, 1.54) is 0 Å². The summed E-state index contributed by atoms with van der Waals surface area (Å²) >= 11 is 3.27. The summed E-state index contributed by atoms with van der Waals surface area (Å²) < 4.78 is 35.3. The van der Waals surface area contributed by atoms with E-state index in [0.29, 0.717) is 29.9 Å². The summed E-state index contributed by atoms with van der Waals surface area (Å²) in [6.07, 6.45) is -2.33. The van der Waals surface area contributed by atoms with Gasteiger partial charge >= 0.3 is 0 Å². The molecule has 0 aliphatic heterocycles. The second-order valence-electron chi connectivity index (χ2n) is 4.00. The monoisotopic (exact) mass is 337 g/mol. The first-order chi connectivity index (χ1) is 9.10. The molecule has 0 amide bonds. The van der Waals surface area contributed by atoms with Crippen LogP contribution < -0.4 is 9.47 Å². The molecule has 0 saturated heterocycles. The van der Waals surface area contributed by atoms with E-state index in [0.717, 1.165) is 5.56 Å². The Balaban J connectivity index is 2.78. The average Bonchev–Trinajstić information content (AvgIpc) is 2.38. The summed E-state index contributed by atoms with van der Waals surface area (Å²) in [7, 11) is 3.11. The van der Waals surface area contributed by atoms with Gasteiger partial charge in [0.15, 0.2) is 11.5 Å². The molecule has 19 heavy (non-hydrogen) atoms. The van der Waals surface area contributed by atoms with Crippen molar-refractivity contribution in [1.82, 2.24) is 4.90 Å². The lowest BCUT2D eigenvalue weighted by atomic mass is 10.2. The molecule has 6 heteroatoms. The first-order valence-corrected chi connectivity index (χ1v) is 7.00. The largest absolute Gasteiger partial charge is 0.493 e. The van der Waals surface area contributed by atoms with Crippen LogP contribution in [0.25, 0.3) is 0 Å². The van der Waals surface area contributed by atoms with Crippen molar-refractivity contribution in [3.63, 3.8) is 0 Å². The van der Waals surface area contributed by atoms with Crippen molar-refractivity contribution in [2.75, 3.05) is 32.6 Å². The van der Waals surface area contributed by atoms with Crippen LogP contribution in [-0.2, 0) is 6.54 Å². The first-order valence-electron chi connectivity index (χ1n) is 5.88. The van der Waals surface area contributed by atoms with Crippen LogP contribution in [0.2, 0.25) is 0 Å². The SMILES string of the molecule is COc1ccc(CN(CCBr)CC(F)F)cc1OC. The van der Waals surface area contributed by atoms with Crippen LogP contribution in [0.1, 0.15) is 5.56 Å². The highest BCUT2D eigenvalue weighted by molar-refractivity contribution is 9.09.